The maximum Gasteiger partial charge on any atom is 0.324 e. The number of hydrogen-bond acceptors (Lipinski definition) is 6. The van der Waals surface area contributed by atoms with Crippen LogP contribution in [0.4, 0.5) is 16.3 Å². The summed E-state index contributed by atoms with van der Waals surface area (Å²) in [5.74, 6) is 1.36. The third kappa shape index (κ3) is 8.22. The van der Waals surface area contributed by atoms with E-state index in [-0.39, 0.29) is 17.2 Å². The number of carbonyl (C=O) groups excluding carboxylic acids is 2. The predicted octanol–water partition coefficient (Wildman–Crippen LogP) is 8.38. The van der Waals surface area contributed by atoms with Gasteiger partial charge >= 0.3 is 6.03 Å². The molecule has 5 aromatic rings. The fraction of sp³-hybridized carbons (Fsp3) is 0.316. The van der Waals surface area contributed by atoms with Gasteiger partial charge in [-0.2, -0.15) is 5.10 Å². The van der Waals surface area contributed by atoms with Crippen LogP contribution in [0.2, 0.25) is 0 Å². The molecule has 1 fully saturated rings. The molecule has 1 aliphatic rings. The molecule has 9 heteroatoms. The van der Waals surface area contributed by atoms with Crippen LogP contribution in [0, 0.1) is 12.8 Å². The van der Waals surface area contributed by atoms with Gasteiger partial charge in [-0.15, -0.1) is 11.3 Å². The molecule has 2 amide bonds. The van der Waals surface area contributed by atoms with Crippen molar-refractivity contribution in [2.45, 2.75) is 52.4 Å². The smallest absolute Gasteiger partial charge is 0.308 e. The van der Waals surface area contributed by atoms with Crippen molar-refractivity contribution in [3.8, 4) is 16.3 Å². The van der Waals surface area contributed by atoms with Crippen molar-refractivity contribution in [2.24, 2.45) is 5.92 Å². The van der Waals surface area contributed by atoms with Crippen molar-refractivity contribution in [2.75, 3.05) is 30.3 Å². The quantitative estimate of drug-likeness (QED) is 0.157. The van der Waals surface area contributed by atoms with Crippen molar-refractivity contribution in [1.82, 2.24) is 19.7 Å². The molecule has 0 spiro atoms. The highest BCUT2D eigenvalue weighted by atomic mass is 32.1. The van der Waals surface area contributed by atoms with Crippen LogP contribution >= 0.6 is 11.3 Å². The predicted molar refractivity (Wildman–Crippen MR) is 191 cm³/mol. The van der Waals surface area contributed by atoms with Gasteiger partial charge in [0.25, 0.3) is 0 Å². The Labute approximate surface area is 280 Å². The Morgan fingerprint density at radius 3 is 2.34 bits per heavy atom. The van der Waals surface area contributed by atoms with Gasteiger partial charge in [0.1, 0.15) is 5.82 Å². The molecular weight excluding hydrogens is 605 g/mol. The van der Waals surface area contributed by atoms with Gasteiger partial charge in [-0.05, 0) is 99.3 Å². The standard InChI is InChI=1S/C38H42N6O2S/c1-26-8-14-30(15-9-26)44-36(24-35(42-44)38(2,3)4)41-37(46)40-29-12-10-27(11-13-29)23-28-18-21-43(22-19-28)25-32(45)34-17-16-33(47-34)31-7-5-6-20-39-31/h5-17,20,24,28H,18-19,21-23,25H2,1-4H3,(H2,40,41,46). The van der Waals surface area contributed by atoms with Crippen molar-refractivity contribution in [1.29, 1.82) is 0 Å². The molecule has 0 saturated carbocycles. The molecule has 4 heterocycles. The zero-order valence-electron chi connectivity index (χ0n) is 27.5. The zero-order chi connectivity index (χ0) is 33.0. The second-order valence-electron chi connectivity index (χ2n) is 13.4. The van der Waals surface area contributed by atoms with Gasteiger partial charge in [0.05, 0.1) is 33.4 Å². The molecule has 2 N–H and O–H groups in total. The third-order valence-corrected chi connectivity index (χ3v) is 9.76. The first-order chi connectivity index (χ1) is 22.6. The lowest BCUT2D eigenvalue weighted by atomic mass is 9.90. The van der Waals surface area contributed by atoms with Gasteiger partial charge in [0.15, 0.2) is 5.78 Å². The van der Waals surface area contributed by atoms with Crippen LogP contribution in [0.3, 0.4) is 0 Å². The number of amides is 2. The number of aromatic nitrogens is 3. The molecule has 1 aliphatic heterocycles. The highest BCUT2D eigenvalue weighted by molar-refractivity contribution is 7.17. The van der Waals surface area contributed by atoms with Crippen LogP contribution in [0.25, 0.3) is 16.3 Å². The first kappa shape index (κ1) is 32.3. The van der Waals surface area contributed by atoms with Crippen molar-refractivity contribution in [3.05, 3.63) is 113 Å². The van der Waals surface area contributed by atoms with E-state index in [4.69, 9.17) is 5.10 Å². The summed E-state index contributed by atoms with van der Waals surface area (Å²) in [6.07, 6.45) is 4.88. The number of benzene rings is 2. The average Bonchev–Trinajstić information content (AvgIpc) is 3.72. The van der Waals surface area contributed by atoms with Gasteiger partial charge in [-0.25, -0.2) is 9.48 Å². The number of carbonyl (C=O) groups is 2. The molecule has 0 unspecified atom stereocenters. The minimum Gasteiger partial charge on any atom is -0.308 e. The Hall–Kier alpha value is -4.60. The van der Waals surface area contributed by atoms with Gasteiger partial charge in [-0.1, -0.05) is 56.7 Å². The number of nitrogens with zero attached hydrogens (tertiary/aromatic N) is 4. The number of hydrogen-bond donors (Lipinski definition) is 2. The molecule has 47 heavy (non-hydrogen) atoms. The Kier molecular flexibility index (Phi) is 9.66. The second kappa shape index (κ2) is 14.0. The number of pyridine rings is 1. The van der Waals surface area contributed by atoms with E-state index in [1.165, 1.54) is 16.9 Å². The van der Waals surface area contributed by atoms with Gasteiger partial charge in [-0.3, -0.25) is 20.0 Å². The maximum atomic E-state index is 13.1. The summed E-state index contributed by atoms with van der Waals surface area (Å²) in [5.41, 5.74) is 5.67. The van der Waals surface area contributed by atoms with E-state index in [9.17, 15) is 9.59 Å². The monoisotopic (exact) mass is 646 g/mol. The van der Waals surface area contributed by atoms with Gasteiger partial charge in [0, 0.05) is 23.4 Å². The van der Waals surface area contributed by atoms with E-state index < -0.39 is 0 Å². The lowest BCUT2D eigenvalue weighted by Crippen LogP contribution is -2.37. The number of ketones is 1. The first-order valence-corrected chi connectivity index (χ1v) is 17.0. The van der Waals surface area contributed by atoms with Gasteiger partial charge in [0.2, 0.25) is 0 Å². The molecular formula is C38H42N6O2S. The van der Waals surface area contributed by atoms with E-state index in [1.54, 1.807) is 10.9 Å². The molecule has 0 radical (unpaired) electrons. The minimum absolute atomic E-state index is 0.165. The Morgan fingerprint density at radius 1 is 0.915 bits per heavy atom. The normalized spacial score (nSPS) is 14.2. The molecule has 2 aromatic carbocycles. The van der Waals surface area contributed by atoms with Crippen molar-refractivity contribution < 1.29 is 9.59 Å². The molecule has 8 nitrogen and oxygen atoms in total. The molecule has 1 saturated heterocycles. The summed E-state index contributed by atoms with van der Waals surface area (Å²) in [4.78, 5) is 34.5. The second-order valence-corrected chi connectivity index (χ2v) is 14.5. The summed E-state index contributed by atoms with van der Waals surface area (Å²) in [5, 5.41) is 10.8. The largest absolute Gasteiger partial charge is 0.324 e. The van der Waals surface area contributed by atoms with Crippen LogP contribution in [0.1, 0.15) is 60.1 Å². The molecule has 242 valence electrons. The number of rotatable bonds is 9. The lowest BCUT2D eigenvalue weighted by Gasteiger charge is -2.31. The van der Waals surface area contributed by atoms with Crippen LogP contribution in [-0.4, -0.2) is 51.1 Å². The number of urea groups is 1. The topological polar surface area (TPSA) is 92.2 Å². The molecule has 0 atom stereocenters. The van der Waals surface area contributed by atoms with E-state index >= 15 is 0 Å². The number of thiophene rings is 1. The van der Waals surface area contributed by atoms with Crippen molar-refractivity contribution >= 4 is 34.7 Å². The van der Waals surface area contributed by atoms with E-state index in [2.05, 4.69) is 53.4 Å². The fourth-order valence-corrected chi connectivity index (χ4v) is 6.73. The van der Waals surface area contributed by atoms with Crippen LogP contribution in [0.15, 0.2) is 91.1 Å². The summed E-state index contributed by atoms with van der Waals surface area (Å²) in [6.45, 7) is 10.7. The Bertz CT molecular complexity index is 1810. The number of anilines is 2. The molecule has 6 rings (SSSR count). The summed E-state index contributed by atoms with van der Waals surface area (Å²) < 4.78 is 1.78. The van der Waals surface area contributed by atoms with Crippen LogP contribution < -0.4 is 10.6 Å². The Morgan fingerprint density at radius 2 is 1.66 bits per heavy atom. The number of Topliss-reactive ketones (excluding diaryl/α,β-unsaturated/α-hetero) is 1. The molecule has 0 aliphatic carbocycles. The highest BCUT2D eigenvalue weighted by Crippen LogP contribution is 2.29. The van der Waals surface area contributed by atoms with E-state index in [0.29, 0.717) is 18.3 Å². The fourth-order valence-electron chi connectivity index (χ4n) is 5.82. The molecule has 0 bridgehead atoms. The van der Waals surface area contributed by atoms with Gasteiger partial charge < -0.3 is 5.32 Å². The number of nitrogens with one attached hydrogen (secondary N) is 2. The summed E-state index contributed by atoms with van der Waals surface area (Å²) in [6, 6.07) is 27.6. The van der Waals surface area contributed by atoms with E-state index in [0.717, 1.165) is 70.4 Å². The number of aryl methyl sites for hydroxylation is 1. The highest BCUT2D eigenvalue weighted by Gasteiger charge is 2.23. The molecule has 3 aromatic heterocycles. The van der Waals surface area contributed by atoms with Crippen molar-refractivity contribution in [3.63, 3.8) is 0 Å². The first-order valence-electron chi connectivity index (χ1n) is 16.2. The maximum absolute atomic E-state index is 13.1. The number of piperidine rings is 1. The lowest BCUT2D eigenvalue weighted by molar-refractivity contribution is 0.0899. The Balaban J connectivity index is 0.987. The summed E-state index contributed by atoms with van der Waals surface area (Å²) >= 11 is 1.52. The third-order valence-electron chi connectivity index (χ3n) is 8.61. The SMILES string of the molecule is Cc1ccc(-n2nc(C(C)(C)C)cc2NC(=O)Nc2ccc(CC3CCN(CC(=O)c4ccc(-c5ccccn5)s4)CC3)cc2)cc1. The zero-order valence-corrected chi connectivity index (χ0v) is 28.3. The average molecular weight is 647 g/mol. The van der Waals surface area contributed by atoms with E-state index in [1.807, 2.05) is 79.7 Å². The van der Waals surface area contributed by atoms with Crippen LogP contribution in [-0.2, 0) is 11.8 Å². The number of likely N-dealkylation sites (tertiary alicyclic amines) is 1. The summed E-state index contributed by atoms with van der Waals surface area (Å²) in [7, 11) is 0. The minimum atomic E-state index is -0.316. The van der Waals surface area contributed by atoms with Crippen LogP contribution in [0.5, 0.6) is 0 Å².